The number of hydrogen-bond acceptors (Lipinski definition) is 6. The molecule has 2 aromatic rings. The number of carbonyl (C=O) groups excluding carboxylic acids is 2. The van der Waals surface area contributed by atoms with E-state index in [9.17, 15) is 9.59 Å². The molecule has 28 heavy (non-hydrogen) atoms. The van der Waals surface area contributed by atoms with Crippen LogP contribution in [0.5, 0.6) is 11.5 Å². The van der Waals surface area contributed by atoms with Crippen LogP contribution >= 0.6 is 11.3 Å². The van der Waals surface area contributed by atoms with Gasteiger partial charge in [0.1, 0.15) is 11.5 Å². The normalized spacial score (nSPS) is 13.1. The van der Waals surface area contributed by atoms with Crippen LogP contribution in [0.15, 0.2) is 18.2 Å². The summed E-state index contributed by atoms with van der Waals surface area (Å²) in [6.45, 7) is 4.80. The van der Waals surface area contributed by atoms with Gasteiger partial charge in [-0.3, -0.25) is 10.1 Å². The van der Waals surface area contributed by atoms with Crippen LogP contribution in [0.2, 0.25) is 0 Å². The van der Waals surface area contributed by atoms with Gasteiger partial charge in [0.05, 0.1) is 26.5 Å². The lowest BCUT2D eigenvalue weighted by molar-refractivity contribution is 0.0735. The summed E-state index contributed by atoms with van der Waals surface area (Å²) in [5.41, 5.74) is 1.44. The van der Waals surface area contributed by atoms with Crippen molar-refractivity contribution in [1.29, 1.82) is 0 Å². The van der Waals surface area contributed by atoms with Crippen LogP contribution in [0, 0.1) is 0 Å². The van der Waals surface area contributed by atoms with Gasteiger partial charge in [-0.1, -0.05) is 11.3 Å². The second-order valence-electron chi connectivity index (χ2n) is 6.72. The zero-order valence-electron chi connectivity index (χ0n) is 16.4. The Morgan fingerprint density at radius 3 is 2.46 bits per heavy atom. The monoisotopic (exact) mass is 404 g/mol. The third kappa shape index (κ3) is 4.53. The summed E-state index contributed by atoms with van der Waals surface area (Å²) in [7, 11) is 3.11. The van der Waals surface area contributed by atoms with E-state index >= 15 is 0 Å². The number of thiazole rings is 1. The Bertz CT molecular complexity index is 859. The van der Waals surface area contributed by atoms with Crippen molar-refractivity contribution >= 4 is 28.4 Å². The van der Waals surface area contributed by atoms with Crippen molar-refractivity contribution < 1.29 is 19.1 Å². The molecule has 9 heteroatoms. The summed E-state index contributed by atoms with van der Waals surface area (Å²) >= 11 is 1.40. The van der Waals surface area contributed by atoms with Crippen molar-refractivity contribution in [3.05, 3.63) is 34.3 Å². The van der Waals surface area contributed by atoms with E-state index in [1.54, 1.807) is 37.3 Å². The molecule has 0 bridgehead atoms. The first-order chi connectivity index (χ1) is 13.4. The number of aromatic nitrogens is 1. The fraction of sp³-hybridized carbons (Fsp3) is 0.421. The molecule has 0 radical (unpaired) electrons. The fourth-order valence-electron chi connectivity index (χ4n) is 2.93. The van der Waals surface area contributed by atoms with Gasteiger partial charge in [-0.05, 0) is 26.0 Å². The molecule has 0 spiro atoms. The Labute approximate surface area is 167 Å². The first-order valence-corrected chi connectivity index (χ1v) is 9.79. The second-order valence-corrected chi connectivity index (χ2v) is 7.80. The summed E-state index contributed by atoms with van der Waals surface area (Å²) < 4.78 is 10.5. The van der Waals surface area contributed by atoms with Crippen LogP contribution in [0.25, 0.3) is 0 Å². The minimum absolute atomic E-state index is 0.0440. The second kappa shape index (κ2) is 8.47. The number of anilines is 1. The summed E-state index contributed by atoms with van der Waals surface area (Å²) in [5.74, 6) is 1.05. The maximum Gasteiger partial charge on any atom is 0.321 e. The van der Waals surface area contributed by atoms with Crippen molar-refractivity contribution in [3.8, 4) is 11.5 Å². The molecule has 1 aromatic heterocycles. The molecule has 0 atom stereocenters. The summed E-state index contributed by atoms with van der Waals surface area (Å²) in [5, 5.41) is 6.07. The number of benzene rings is 1. The first kappa shape index (κ1) is 19.9. The summed E-state index contributed by atoms with van der Waals surface area (Å²) in [6, 6.07) is 4.90. The largest absolute Gasteiger partial charge is 0.497 e. The van der Waals surface area contributed by atoms with E-state index in [1.807, 2.05) is 13.8 Å². The van der Waals surface area contributed by atoms with Crippen molar-refractivity contribution in [2.24, 2.45) is 0 Å². The molecule has 0 saturated carbocycles. The van der Waals surface area contributed by atoms with Gasteiger partial charge in [0.2, 0.25) is 0 Å². The van der Waals surface area contributed by atoms with Crippen LogP contribution in [-0.4, -0.2) is 48.6 Å². The van der Waals surface area contributed by atoms with Crippen molar-refractivity contribution in [3.63, 3.8) is 0 Å². The number of ether oxygens (including phenoxy) is 2. The lowest BCUT2D eigenvalue weighted by Crippen LogP contribution is -2.35. The molecular formula is C19H24N4O4S. The number of fused-ring (bicyclic) bond motifs is 1. The van der Waals surface area contributed by atoms with E-state index in [-0.39, 0.29) is 18.0 Å². The van der Waals surface area contributed by atoms with Gasteiger partial charge in [0.25, 0.3) is 5.91 Å². The predicted octanol–water partition coefficient (Wildman–Crippen LogP) is 2.89. The van der Waals surface area contributed by atoms with Crippen LogP contribution in [0.4, 0.5) is 9.93 Å². The van der Waals surface area contributed by atoms with Crippen LogP contribution in [0.1, 0.15) is 34.8 Å². The quantitative estimate of drug-likeness (QED) is 0.799. The van der Waals surface area contributed by atoms with E-state index in [4.69, 9.17) is 9.47 Å². The average Bonchev–Trinajstić information content (AvgIpc) is 3.07. The first-order valence-electron chi connectivity index (χ1n) is 8.98. The molecular weight excluding hydrogens is 380 g/mol. The molecule has 1 aliphatic rings. The maximum absolute atomic E-state index is 13.0. The zero-order valence-corrected chi connectivity index (χ0v) is 17.2. The molecule has 0 fully saturated rings. The SMILES string of the molecule is COc1cc(OC)cc(C(=O)N2CCc3nc(NC(=O)NC(C)C)sc3C2)c1. The molecule has 0 unspecified atom stereocenters. The molecule has 150 valence electrons. The van der Waals surface area contributed by atoms with Gasteiger partial charge < -0.3 is 19.7 Å². The number of nitrogens with one attached hydrogen (secondary N) is 2. The third-order valence-electron chi connectivity index (χ3n) is 4.26. The molecule has 1 aliphatic heterocycles. The highest BCUT2D eigenvalue weighted by atomic mass is 32.1. The van der Waals surface area contributed by atoms with E-state index in [2.05, 4.69) is 15.6 Å². The third-order valence-corrected chi connectivity index (χ3v) is 5.25. The molecule has 3 rings (SSSR count). The van der Waals surface area contributed by atoms with Crippen molar-refractivity contribution in [2.75, 3.05) is 26.1 Å². The highest BCUT2D eigenvalue weighted by Crippen LogP contribution is 2.30. The molecule has 0 aliphatic carbocycles. The van der Waals surface area contributed by atoms with Gasteiger partial charge in [0, 0.05) is 35.5 Å². The number of urea groups is 1. The van der Waals surface area contributed by atoms with Gasteiger partial charge in [-0.2, -0.15) is 0 Å². The smallest absolute Gasteiger partial charge is 0.321 e. The van der Waals surface area contributed by atoms with E-state index in [0.717, 1.165) is 10.6 Å². The molecule has 3 amide bonds. The van der Waals surface area contributed by atoms with Gasteiger partial charge in [0.15, 0.2) is 5.13 Å². The van der Waals surface area contributed by atoms with Crippen molar-refractivity contribution in [1.82, 2.24) is 15.2 Å². The average molecular weight is 404 g/mol. The Kier molecular flexibility index (Phi) is 6.03. The summed E-state index contributed by atoms with van der Waals surface area (Å²) in [4.78, 5) is 32.1. The highest BCUT2D eigenvalue weighted by molar-refractivity contribution is 7.15. The fourth-order valence-corrected chi connectivity index (χ4v) is 3.95. The predicted molar refractivity (Wildman–Crippen MR) is 107 cm³/mol. The van der Waals surface area contributed by atoms with Crippen LogP contribution in [0.3, 0.4) is 0 Å². The molecule has 2 N–H and O–H groups in total. The van der Waals surface area contributed by atoms with E-state index < -0.39 is 0 Å². The Morgan fingerprint density at radius 1 is 1.18 bits per heavy atom. The summed E-state index contributed by atoms with van der Waals surface area (Å²) in [6.07, 6.45) is 0.645. The minimum atomic E-state index is -0.280. The van der Waals surface area contributed by atoms with E-state index in [1.165, 1.54) is 11.3 Å². The lowest BCUT2D eigenvalue weighted by Gasteiger charge is -2.26. The number of amides is 3. The Hall–Kier alpha value is -2.81. The number of carbonyl (C=O) groups is 2. The minimum Gasteiger partial charge on any atom is -0.497 e. The van der Waals surface area contributed by atoms with Gasteiger partial charge in [-0.15, -0.1) is 0 Å². The van der Waals surface area contributed by atoms with Gasteiger partial charge in [-0.25, -0.2) is 9.78 Å². The van der Waals surface area contributed by atoms with E-state index in [0.29, 0.717) is 41.7 Å². The maximum atomic E-state index is 13.0. The number of hydrogen-bond donors (Lipinski definition) is 2. The number of nitrogens with zero attached hydrogens (tertiary/aromatic N) is 2. The molecule has 8 nitrogen and oxygen atoms in total. The topological polar surface area (TPSA) is 92.8 Å². The molecule has 0 saturated heterocycles. The number of methoxy groups -OCH3 is 2. The van der Waals surface area contributed by atoms with Crippen LogP contribution < -0.4 is 20.1 Å². The van der Waals surface area contributed by atoms with Gasteiger partial charge >= 0.3 is 6.03 Å². The molecule has 2 heterocycles. The van der Waals surface area contributed by atoms with Crippen molar-refractivity contribution in [2.45, 2.75) is 32.9 Å². The molecule has 1 aromatic carbocycles. The Morgan fingerprint density at radius 2 is 1.86 bits per heavy atom. The number of rotatable bonds is 5. The van der Waals surface area contributed by atoms with Crippen LogP contribution in [-0.2, 0) is 13.0 Å². The zero-order chi connectivity index (χ0) is 20.3. The standard InChI is InChI=1S/C19H24N4O4S/c1-11(2)20-18(25)22-19-21-15-5-6-23(10-16(15)28-19)17(24)12-7-13(26-3)9-14(8-12)27-4/h7-9,11H,5-6,10H2,1-4H3,(H2,20,21,22,25). The highest BCUT2D eigenvalue weighted by Gasteiger charge is 2.26. The lowest BCUT2D eigenvalue weighted by atomic mass is 10.1. The Balaban J connectivity index is 1.73.